The first-order valence-corrected chi connectivity index (χ1v) is 7.78. The van der Waals surface area contributed by atoms with Crippen LogP contribution in [0, 0.1) is 9.49 Å². The van der Waals surface area contributed by atoms with E-state index in [9.17, 15) is 0 Å². The summed E-state index contributed by atoms with van der Waals surface area (Å²) in [6.45, 7) is 5.39. The second kappa shape index (κ2) is 6.94. The second-order valence-corrected chi connectivity index (χ2v) is 6.52. The molecule has 0 unspecified atom stereocenters. The molecule has 0 saturated carbocycles. The molecular formula is C17H20IN. The van der Waals surface area contributed by atoms with Gasteiger partial charge in [-0.05, 0) is 70.3 Å². The largest absolute Gasteiger partial charge is 0.381 e. The van der Waals surface area contributed by atoms with Crippen molar-refractivity contribution in [3.05, 3.63) is 63.2 Å². The van der Waals surface area contributed by atoms with Crippen LogP contribution in [0.5, 0.6) is 0 Å². The molecule has 0 radical (unpaired) electrons. The van der Waals surface area contributed by atoms with Gasteiger partial charge in [0.15, 0.2) is 0 Å². The zero-order valence-electron chi connectivity index (χ0n) is 11.5. The Bertz CT molecular complexity index is 500. The van der Waals surface area contributed by atoms with Crippen LogP contribution >= 0.6 is 22.6 Å². The predicted molar refractivity (Wildman–Crippen MR) is 91.5 cm³/mol. The van der Waals surface area contributed by atoms with E-state index >= 15 is 0 Å². The Hall–Kier alpha value is -1.03. The molecule has 19 heavy (non-hydrogen) atoms. The van der Waals surface area contributed by atoms with Crippen LogP contribution in [0.4, 0.5) is 5.69 Å². The molecule has 0 fully saturated rings. The van der Waals surface area contributed by atoms with Crippen molar-refractivity contribution in [1.29, 1.82) is 0 Å². The van der Waals surface area contributed by atoms with E-state index in [2.05, 4.69) is 90.3 Å². The van der Waals surface area contributed by atoms with Gasteiger partial charge in [-0.15, -0.1) is 0 Å². The van der Waals surface area contributed by atoms with E-state index in [0.29, 0.717) is 0 Å². The van der Waals surface area contributed by atoms with E-state index < -0.39 is 0 Å². The Balaban J connectivity index is 1.91. The van der Waals surface area contributed by atoms with E-state index in [1.807, 2.05) is 0 Å². The summed E-state index contributed by atoms with van der Waals surface area (Å²) in [7, 11) is 0. The van der Waals surface area contributed by atoms with Gasteiger partial charge in [0.25, 0.3) is 0 Å². The van der Waals surface area contributed by atoms with Crippen LogP contribution in [-0.4, -0.2) is 0 Å². The highest BCUT2D eigenvalue weighted by Gasteiger charge is 1.98. The van der Waals surface area contributed by atoms with Crippen LogP contribution in [0.1, 0.15) is 25.0 Å². The molecule has 0 atom stereocenters. The average Bonchev–Trinajstić information content (AvgIpc) is 2.39. The summed E-state index contributed by atoms with van der Waals surface area (Å²) < 4.78 is 1.26. The van der Waals surface area contributed by atoms with Gasteiger partial charge in [-0.2, -0.15) is 0 Å². The molecule has 0 aromatic heterocycles. The lowest BCUT2D eigenvalue weighted by atomic mass is 10.0. The van der Waals surface area contributed by atoms with Crippen LogP contribution in [0.3, 0.4) is 0 Å². The second-order valence-electron chi connectivity index (χ2n) is 5.27. The monoisotopic (exact) mass is 365 g/mol. The number of anilines is 1. The van der Waals surface area contributed by atoms with Gasteiger partial charge in [0.05, 0.1) is 0 Å². The van der Waals surface area contributed by atoms with Gasteiger partial charge in [-0.25, -0.2) is 0 Å². The van der Waals surface area contributed by atoms with E-state index in [0.717, 1.165) is 18.9 Å². The fraction of sp³-hybridized carbons (Fsp3) is 0.294. The van der Waals surface area contributed by atoms with Gasteiger partial charge < -0.3 is 5.32 Å². The first kappa shape index (κ1) is 14.4. The van der Waals surface area contributed by atoms with E-state index in [1.54, 1.807) is 0 Å². The molecule has 1 nitrogen and oxygen atoms in total. The molecule has 1 N–H and O–H groups in total. The van der Waals surface area contributed by atoms with Crippen LogP contribution < -0.4 is 5.32 Å². The Morgan fingerprint density at radius 3 is 2.05 bits per heavy atom. The minimum atomic E-state index is 0.718. The smallest absolute Gasteiger partial charge is 0.0400 e. The topological polar surface area (TPSA) is 12.0 Å². The Morgan fingerprint density at radius 1 is 0.895 bits per heavy atom. The number of benzene rings is 2. The van der Waals surface area contributed by atoms with E-state index in [4.69, 9.17) is 0 Å². The van der Waals surface area contributed by atoms with Crippen molar-refractivity contribution in [1.82, 2.24) is 0 Å². The van der Waals surface area contributed by atoms with Crippen LogP contribution in [0.15, 0.2) is 48.5 Å². The number of hydrogen-bond donors (Lipinski definition) is 1. The Labute approximate surface area is 129 Å². The van der Waals surface area contributed by atoms with Gasteiger partial charge in [0, 0.05) is 15.8 Å². The van der Waals surface area contributed by atoms with Crippen molar-refractivity contribution in [3.63, 3.8) is 0 Å². The molecule has 2 heteroatoms. The van der Waals surface area contributed by atoms with E-state index in [1.165, 1.54) is 20.4 Å². The molecular weight excluding hydrogens is 345 g/mol. The van der Waals surface area contributed by atoms with Gasteiger partial charge in [0.2, 0.25) is 0 Å². The van der Waals surface area contributed by atoms with Crippen molar-refractivity contribution in [2.45, 2.75) is 26.8 Å². The summed E-state index contributed by atoms with van der Waals surface area (Å²) >= 11 is 2.32. The molecule has 0 amide bonds. The predicted octanol–water partition coefficient (Wildman–Crippen LogP) is 5.10. The van der Waals surface area contributed by atoms with E-state index in [-0.39, 0.29) is 0 Å². The third-order valence-corrected chi connectivity index (χ3v) is 3.73. The molecule has 2 aromatic rings. The first-order valence-electron chi connectivity index (χ1n) is 6.71. The van der Waals surface area contributed by atoms with Gasteiger partial charge in [-0.1, -0.05) is 38.1 Å². The fourth-order valence-electron chi connectivity index (χ4n) is 2.04. The normalized spacial score (nSPS) is 10.7. The highest BCUT2D eigenvalue weighted by molar-refractivity contribution is 14.1. The summed E-state index contributed by atoms with van der Waals surface area (Å²) in [5.74, 6) is 0.718. The number of halogens is 1. The van der Waals surface area contributed by atoms with Crippen molar-refractivity contribution < 1.29 is 0 Å². The van der Waals surface area contributed by atoms with Crippen molar-refractivity contribution >= 4 is 28.3 Å². The minimum Gasteiger partial charge on any atom is -0.381 e. The third-order valence-electron chi connectivity index (χ3n) is 3.01. The van der Waals surface area contributed by atoms with Gasteiger partial charge in [0.1, 0.15) is 0 Å². The minimum absolute atomic E-state index is 0.718. The molecule has 0 bridgehead atoms. The van der Waals surface area contributed by atoms with Crippen molar-refractivity contribution in [3.8, 4) is 0 Å². The summed E-state index contributed by atoms with van der Waals surface area (Å²) in [5, 5.41) is 3.45. The summed E-state index contributed by atoms with van der Waals surface area (Å²) in [5.41, 5.74) is 3.92. The quantitative estimate of drug-likeness (QED) is 0.727. The molecule has 100 valence electrons. The first-order chi connectivity index (χ1) is 9.13. The molecule has 0 aliphatic heterocycles. The molecule has 0 aliphatic rings. The molecule has 0 saturated heterocycles. The zero-order chi connectivity index (χ0) is 13.7. The molecule has 2 rings (SSSR count). The summed E-state index contributed by atoms with van der Waals surface area (Å²) in [6, 6.07) is 17.4. The van der Waals surface area contributed by atoms with Crippen molar-refractivity contribution in [2.75, 3.05) is 5.32 Å². The maximum absolute atomic E-state index is 3.45. The summed E-state index contributed by atoms with van der Waals surface area (Å²) in [6.07, 6.45) is 1.16. The van der Waals surface area contributed by atoms with Crippen LogP contribution in [-0.2, 0) is 13.0 Å². The van der Waals surface area contributed by atoms with Crippen LogP contribution in [0.25, 0.3) is 0 Å². The fourth-order valence-corrected chi connectivity index (χ4v) is 2.40. The Morgan fingerprint density at radius 2 is 1.47 bits per heavy atom. The lowest BCUT2D eigenvalue weighted by Crippen LogP contribution is -2.00. The van der Waals surface area contributed by atoms with Gasteiger partial charge >= 0.3 is 0 Å². The SMILES string of the molecule is CC(C)Cc1ccc(CNc2ccc(I)cc2)cc1. The highest BCUT2D eigenvalue weighted by atomic mass is 127. The molecule has 0 spiro atoms. The maximum Gasteiger partial charge on any atom is 0.0400 e. The van der Waals surface area contributed by atoms with Gasteiger partial charge in [-0.3, -0.25) is 0 Å². The molecule has 0 heterocycles. The number of rotatable bonds is 5. The third kappa shape index (κ3) is 4.86. The number of nitrogens with one attached hydrogen (secondary N) is 1. The number of hydrogen-bond acceptors (Lipinski definition) is 1. The Kier molecular flexibility index (Phi) is 5.25. The highest BCUT2D eigenvalue weighted by Crippen LogP contribution is 2.14. The average molecular weight is 365 g/mol. The van der Waals surface area contributed by atoms with Crippen LogP contribution in [0.2, 0.25) is 0 Å². The van der Waals surface area contributed by atoms with Crippen molar-refractivity contribution in [2.24, 2.45) is 5.92 Å². The standard InChI is InChI=1S/C17H20IN/c1-13(2)11-14-3-5-15(6-4-14)12-19-17-9-7-16(18)8-10-17/h3-10,13,19H,11-12H2,1-2H3. The molecule has 2 aromatic carbocycles. The maximum atomic E-state index is 3.45. The summed E-state index contributed by atoms with van der Waals surface area (Å²) in [4.78, 5) is 0. The lowest BCUT2D eigenvalue weighted by Gasteiger charge is -2.09. The molecule has 0 aliphatic carbocycles. The zero-order valence-corrected chi connectivity index (χ0v) is 13.6. The lowest BCUT2D eigenvalue weighted by molar-refractivity contribution is 0.647.